The van der Waals surface area contributed by atoms with Crippen molar-refractivity contribution in [2.75, 3.05) is 7.05 Å². The zero-order chi connectivity index (χ0) is 21.3. The molecule has 154 valence electrons. The molecule has 0 bridgehead atoms. The van der Waals surface area contributed by atoms with E-state index in [-0.39, 0.29) is 26.8 Å². The Labute approximate surface area is 170 Å². The van der Waals surface area contributed by atoms with Gasteiger partial charge in [-0.15, -0.1) is 0 Å². The highest BCUT2D eigenvalue weighted by Crippen LogP contribution is 2.29. The molecule has 29 heavy (non-hydrogen) atoms. The van der Waals surface area contributed by atoms with Crippen LogP contribution in [-0.4, -0.2) is 31.0 Å². The minimum Gasteiger partial charge on any atom is -0.451 e. The van der Waals surface area contributed by atoms with Gasteiger partial charge in [0.15, 0.2) is 11.9 Å². The van der Waals surface area contributed by atoms with Gasteiger partial charge in [-0.2, -0.15) is 8.78 Å². The molecule has 0 aliphatic rings. The molecule has 0 amide bonds. The van der Waals surface area contributed by atoms with Gasteiger partial charge in [0.2, 0.25) is 10.0 Å². The van der Waals surface area contributed by atoms with Crippen molar-refractivity contribution in [3.63, 3.8) is 0 Å². The van der Waals surface area contributed by atoms with E-state index in [1.807, 2.05) is 0 Å². The first kappa shape index (κ1) is 21.2. The number of carbonyl (C=O) groups excluding carboxylic acids is 1. The van der Waals surface area contributed by atoms with Crippen molar-refractivity contribution < 1.29 is 26.7 Å². The van der Waals surface area contributed by atoms with Gasteiger partial charge in [0, 0.05) is 0 Å². The number of nitrogens with zero attached hydrogens (tertiary/aromatic N) is 2. The maximum Gasteiger partial charge on any atom is 0.340 e. The monoisotopic (exact) mass is 443 g/mol. The van der Waals surface area contributed by atoms with Crippen LogP contribution in [0.2, 0.25) is 5.02 Å². The van der Waals surface area contributed by atoms with Crippen molar-refractivity contribution in [3.05, 3.63) is 58.9 Å². The number of esters is 1. The van der Waals surface area contributed by atoms with Crippen LogP contribution in [-0.2, 0) is 14.8 Å². The zero-order valence-corrected chi connectivity index (χ0v) is 16.8. The van der Waals surface area contributed by atoms with E-state index in [0.717, 1.165) is 6.07 Å². The van der Waals surface area contributed by atoms with Crippen molar-refractivity contribution in [1.82, 2.24) is 14.3 Å². The lowest BCUT2D eigenvalue weighted by Gasteiger charge is -2.16. The highest BCUT2D eigenvalue weighted by molar-refractivity contribution is 7.89. The molecule has 1 unspecified atom stereocenters. The van der Waals surface area contributed by atoms with Gasteiger partial charge >= 0.3 is 12.5 Å². The lowest BCUT2D eigenvalue weighted by molar-refractivity contribution is 0.0233. The molecule has 3 rings (SSSR count). The van der Waals surface area contributed by atoms with E-state index in [2.05, 4.69) is 9.71 Å². The molecule has 1 heterocycles. The first-order valence-corrected chi connectivity index (χ1v) is 10.2. The number of sulfonamides is 1. The summed E-state index contributed by atoms with van der Waals surface area (Å²) in [5.41, 5.74) is 0.306. The SMILES string of the molecule is CNS(=O)(=O)c1ccc(Cl)c(C(=O)OC(C)c2nc3ccccc3n2C(F)F)c1. The van der Waals surface area contributed by atoms with Crippen molar-refractivity contribution >= 4 is 38.6 Å². The summed E-state index contributed by atoms with van der Waals surface area (Å²) >= 11 is 6.00. The molecule has 1 N–H and O–H groups in total. The van der Waals surface area contributed by atoms with Crippen LogP contribution in [0.3, 0.4) is 0 Å². The minimum absolute atomic E-state index is 0.0420. The molecular formula is C18H16ClF2N3O4S. The zero-order valence-electron chi connectivity index (χ0n) is 15.3. The normalized spacial score (nSPS) is 13.0. The Morgan fingerprint density at radius 1 is 1.24 bits per heavy atom. The van der Waals surface area contributed by atoms with Crippen LogP contribution in [0.1, 0.15) is 35.8 Å². The second kappa shape index (κ2) is 8.05. The van der Waals surface area contributed by atoms with Crippen LogP contribution in [0.4, 0.5) is 8.78 Å². The number of fused-ring (bicyclic) bond motifs is 1. The number of halogens is 3. The molecule has 0 saturated heterocycles. The second-order valence-corrected chi connectivity index (χ2v) is 8.30. The van der Waals surface area contributed by atoms with E-state index in [0.29, 0.717) is 10.1 Å². The molecule has 0 spiro atoms. The molecule has 0 saturated carbocycles. The minimum atomic E-state index is -3.82. The molecule has 0 fully saturated rings. The molecule has 0 aliphatic carbocycles. The van der Waals surface area contributed by atoms with Gasteiger partial charge in [-0.3, -0.25) is 4.57 Å². The fraction of sp³-hybridized carbons (Fsp3) is 0.222. The molecule has 11 heteroatoms. The van der Waals surface area contributed by atoms with Crippen molar-refractivity contribution in [1.29, 1.82) is 0 Å². The third-order valence-corrected chi connectivity index (χ3v) is 5.94. The second-order valence-electron chi connectivity index (χ2n) is 6.00. The van der Waals surface area contributed by atoms with Crippen LogP contribution in [0.25, 0.3) is 11.0 Å². The Bertz CT molecular complexity index is 1180. The molecule has 1 aromatic heterocycles. The number of hydrogen-bond donors (Lipinski definition) is 1. The standard InChI is InChI=1S/C18H16ClF2N3O4S/c1-10(16-23-14-5-3-4-6-15(14)24(16)18(20)21)28-17(25)12-9-11(7-8-13(12)19)29(26,27)22-2/h3-10,18,22H,1-2H3. The Balaban J connectivity index is 1.95. The van der Waals surface area contributed by atoms with E-state index in [4.69, 9.17) is 16.3 Å². The Morgan fingerprint density at radius 3 is 2.59 bits per heavy atom. The topological polar surface area (TPSA) is 90.3 Å². The van der Waals surface area contributed by atoms with Gasteiger partial charge in [0.25, 0.3) is 0 Å². The van der Waals surface area contributed by atoms with E-state index >= 15 is 0 Å². The summed E-state index contributed by atoms with van der Waals surface area (Å²) in [5.74, 6) is -1.12. The molecule has 1 atom stereocenters. The number of para-hydroxylation sites is 2. The predicted octanol–water partition coefficient (Wildman–Crippen LogP) is 3.91. The first-order valence-electron chi connectivity index (χ1n) is 8.34. The van der Waals surface area contributed by atoms with Crippen LogP contribution in [0.15, 0.2) is 47.4 Å². The average molecular weight is 444 g/mol. The van der Waals surface area contributed by atoms with Crippen LogP contribution in [0, 0.1) is 0 Å². The third-order valence-electron chi connectivity index (χ3n) is 4.20. The summed E-state index contributed by atoms with van der Waals surface area (Å²) in [7, 11) is -2.60. The number of ether oxygens (including phenoxy) is 1. The molecule has 0 aliphatic heterocycles. The number of alkyl halides is 2. The smallest absolute Gasteiger partial charge is 0.340 e. The first-order chi connectivity index (χ1) is 13.7. The van der Waals surface area contributed by atoms with Gasteiger partial charge in [-0.1, -0.05) is 23.7 Å². The van der Waals surface area contributed by atoms with Crippen molar-refractivity contribution in [2.24, 2.45) is 0 Å². The van der Waals surface area contributed by atoms with E-state index in [9.17, 15) is 22.0 Å². The Hall–Kier alpha value is -2.56. The van der Waals surface area contributed by atoms with Crippen LogP contribution < -0.4 is 4.72 Å². The maximum absolute atomic E-state index is 13.6. The number of carbonyl (C=O) groups is 1. The van der Waals surface area contributed by atoms with Gasteiger partial charge < -0.3 is 4.74 Å². The summed E-state index contributed by atoms with van der Waals surface area (Å²) in [6.45, 7) is -1.51. The van der Waals surface area contributed by atoms with Gasteiger partial charge in [-0.25, -0.2) is 22.9 Å². The van der Waals surface area contributed by atoms with Crippen molar-refractivity contribution in [3.8, 4) is 0 Å². The number of aromatic nitrogens is 2. The number of hydrogen-bond acceptors (Lipinski definition) is 5. The van der Waals surface area contributed by atoms with Gasteiger partial charge in [0.05, 0.1) is 26.5 Å². The van der Waals surface area contributed by atoms with Gasteiger partial charge in [0.1, 0.15) is 0 Å². The van der Waals surface area contributed by atoms with E-state index in [1.165, 1.54) is 32.2 Å². The summed E-state index contributed by atoms with van der Waals surface area (Å²) < 4.78 is 59.1. The summed E-state index contributed by atoms with van der Waals surface area (Å²) in [4.78, 5) is 16.5. The molecule has 7 nitrogen and oxygen atoms in total. The molecular weight excluding hydrogens is 428 g/mol. The highest BCUT2D eigenvalue weighted by Gasteiger charge is 2.26. The summed E-state index contributed by atoms with van der Waals surface area (Å²) in [6.07, 6.45) is -1.15. The predicted molar refractivity (Wildman–Crippen MR) is 103 cm³/mol. The third kappa shape index (κ3) is 4.09. The molecule has 3 aromatic rings. The average Bonchev–Trinajstić information content (AvgIpc) is 3.08. The maximum atomic E-state index is 13.6. The van der Waals surface area contributed by atoms with E-state index < -0.39 is 28.6 Å². The molecule has 2 aromatic carbocycles. The summed E-state index contributed by atoms with van der Waals surface area (Å²) in [5, 5.41) is -0.0420. The van der Waals surface area contributed by atoms with E-state index in [1.54, 1.807) is 18.2 Å². The summed E-state index contributed by atoms with van der Waals surface area (Å²) in [6, 6.07) is 9.81. The fourth-order valence-corrected chi connectivity index (χ4v) is 3.73. The van der Waals surface area contributed by atoms with Crippen molar-refractivity contribution in [2.45, 2.75) is 24.5 Å². The van der Waals surface area contributed by atoms with Gasteiger partial charge in [-0.05, 0) is 44.3 Å². The Kier molecular flexibility index (Phi) is 5.87. The number of benzene rings is 2. The Morgan fingerprint density at radius 2 is 1.93 bits per heavy atom. The molecule has 0 radical (unpaired) electrons. The number of nitrogens with one attached hydrogen (secondary N) is 1. The quantitative estimate of drug-likeness (QED) is 0.583. The lowest BCUT2D eigenvalue weighted by Crippen LogP contribution is -2.19. The highest BCUT2D eigenvalue weighted by atomic mass is 35.5. The number of imidazole rings is 1. The van der Waals surface area contributed by atoms with Crippen LogP contribution >= 0.6 is 11.6 Å². The largest absolute Gasteiger partial charge is 0.451 e. The fourth-order valence-electron chi connectivity index (χ4n) is 2.78. The number of rotatable bonds is 6. The van der Waals surface area contributed by atoms with Crippen LogP contribution in [0.5, 0.6) is 0 Å². The lowest BCUT2D eigenvalue weighted by atomic mass is 10.2.